The Balaban J connectivity index is 2.23. The molecular formula is C18H32O2. The standard InChI is InChI=1S/C18H32O2/c1-4-5-6-7-8-9-10-13-18(3,20)16-12-11-15(2)17(19)14-16/h11,16,20H,4-10,12-14H2,1-3H3. The zero-order valence-corrected chi connectivity index (χ0v) is 13.6. The van der Waals surface area contributed by atoms with Gasteiger partial charge < -0.3 is 5.11 Å². The summed E-state index contributed by atoms with van der Waals surface area (Å²) in [6.45, 7) is 6.03. The highest BCUT2D eigenvalue weighted by Crippen LogP contribution is 2.33. The van der Waals surface area contributed by atoms with E-state index in [4.69, 9.17) is 0 Å². The van der Waals surface area contributed by atoms with E-state index in [0.29, 0.717) is 6.42 Å². The molecule has 1 N–H and O–H groups in total. The third-order valence-corrected chi connectivity index (χ3v) is 4.75. The normalized spacial score (nSPS) is 22.5. The van der Waals surface area contributed by atoms with Crippen molar-refractivity contribution in [2.24, 2.45) is 5.92 Å². The van der Waals surface area contributed by atoms with Gasteiger partial charge >= 0.3 is 0 Å². The second kappa shape index (κ2) is 8.61. The van der Waals surface area contributed by atoms with Crippen molar-refractivity contribution < 1.29 is 9.90 Å². The van der Waals surface area contributed by atoms with Crippen LogP contribution >= 0.6 is 0 Å². The predicted octanol–water partition coefficient (Wildman–Crippen LogP) is 4.80. The third-order valence-electron chi connectivity index (χ3n) is 4.75. The molecule has 0 aromatic carbocycles. The highest BCUT2D eigenvalue weighted by atomic mass is 16.3. The second-order valence-corrected chi connectivity index (χ2v) is 6.68. The van der Waals surface area contributed by atoms with Crippen molar-refractivity contribution in [3.05, 3.63) is 11.6 Å². The summed E-state index contributed by atoms with van der Waals surface area (Å²) in [5.74, 6) is 0.319. The molecule has 0 amide bonds. The van der Waals surface area contributed by atoms with Crippen molar-refractivity contribution in [2.75, 3.05) is 0 Å². The summed E-state index contributed by atoms with van der Waals surface area (Å²) in [7, 11) is 0. The lowest BCUT2D eigenvalue weighted by molar-refractivity contribution is -0.120. The first kappa shape index (κ1) is 17.4. The van der Waals surface area contributed by atoms with E-state index in [1.807, 2.05) is 19.9 Å². The van der Waals surface area contributed by atoms with Crippen molar-refractivity contribution >= 4 is 5.78 Å². The first-order valence-electron chi connectivity index (χ1n) is 8.39. The van der Waals surface area contributed by atoms with Crippen LogP contribution in [0.15, 0.2) is 11.6 Å². The van der Waals surface area contributed by atoms with E-state index in [1.165, 1.54) is 38.5 Å². The maximum atomic E-state index is 11.7. The van der Waals surface area contributed by atoms with Gasteiger partial charge in [0.05, 0.1) is 5.60 Å². The second-order valence-electron chi connectivity index (χ2n) is 6.68. The smallest absolute Gasteiger partial charge is 0.158 e. The molecule has 2 nitrogen and oxygen atoms in total. The van der Waals surface area contributed by atoms with Gasteiger partial charge in [0, 0.05) is 6.42 Å². The zero-order valence-electron chi connectivity index (χ0n) is 13.6. The van der Waals surface area contributed by atoms with E-state index in [1.54, 1.807) is 0 Å². The topological polar surface area (TPSA) is 37.3 Å². The Morgan fingerprint density at radius 3 is 2.40 bits per heavy atom. The first-order valence-corrected chi connectivity index (χ1v) is 8.39. The fourth-order valence-electron chi connectivity index (χ4n) is 3.02. The van der Waals surface area contributed by atoms with Crippen molar-refractivity contribution in [3.63, 3.8) is 0 Å². The summed E-state index contributed by atoms with van der Waals surface area (Å²) in [6, 6.07) is 0. The van der Waals surface area contributed by atoms with Crippen molar-refractivity contribution in [2.45, 2.75) is 90.6 Å². The Labute approximate surface area is 124 Å². The number of aliphatic hydroxyl groups is 1. The van der Waals surface area contributed by atoms with Crippen LogP contribution in [-0.4, -0.2) is 16.5 Å². The third kappa shape index (κ3) is 5.78. The van der Waals surface area contributed by atoms with E-state index in [2.05, 4.69) is 6.92 Å². The fraction of sp³-hybridized carbons (Fsp3) is 0.833. The number of rotatable bonds is 9. The number of allylic oxidation sites excluding steroid dienone is 2. The summed E-state index contributed by atoms with van der Waals surface area (Å²) in [5, 5.41) is 10.6. The molecule has 0 aromatic rings. The summed E-state index contributed by atoms with van der Waals surface area (Å²) < 4.78 is 0. The Hall–Kier alpha value is -0.630. The minimum Gasteiger partial charge on any atom is -0.390 e. The summed E-state index contributed by atoms with van der Waals surface area (Å²) >= 11 is 0. The molecule has 1 aliphatic rings. The average Bonchev–Trinajstić information content (AvgIpc) is 2.40. The van der Waals surface area contributed by atoms with Crippen LogP contribution in [0.4, 0.5) is 0 Å². The van der Waals surface area contributed by atoms with Crippen LogP contribution in [0, 0.1) is 5.92 Å². The van der Waals surface area contributed by atoms with E-state index in [0.717, 1.165) is 24.8 Å². The molecule has 0 bridgehead atoms. The number of ketones is 1. The molecule has 2 unspecified atom stereocenters. The Kier molecular flexibility index (Phi) is 7.50. The van der Waals surface area contributed by atoms with Gasteiger partial charge in [-0.3, -0.25) is 4.79 Å². The molecular weight excluding hydrogens is 248 g/mol. The molecule has 20 heavy (non-hydrogen) atoms. The van der Waals surface area contributed by atoms with Gasteiger partial charge in [0.15, 0.2) is 5.78 Å². The van der Waals surface area contributed by atoms with Crippen molar-refractivity contribution in [3.8, 4) is 0 Å². The van der Waals surface area contributed by atoms with Gasteiger partial charge in [-0.1, -0.05) is 57.9 Å². The molecule has 1 rings (SSSR count). The summed E-state index contributed by atoms with van der Waals surface area (Å²) in [6.07, 6.45) is 13.0. The predicted molar refractivity (Wildman–Crippen MR) is 84.7 cm³/mol. The monoisotopic (exact) mass is 280 g/mol. The molecule has 0 spiro atoms. The fourth-order valence-corrected chi connectivity index (χ4v) is 3.02. The lowest BCUT2D eigenvalue weighted by Crippen LogP contribution is -2.37. The average molecular weight is 280 g/mol. The minimum absolute atomic E-state index is 0.110. The van der Waals surface area contributed by atoms with Crippen molar-refractivity contribution in [1.82, 2.24) is 0 Å². The van der Waals surface area contributed by atoms with Crippen LogP contribution in [0.3, 0.4) is 0 Å². The highest BCUT2D eigenvalue weighted by molar-refractivity contribution is 5.95. The number of carbonyl (C=O) groups excluding carboxylic acids is 1. The lowest BCUT2D eigenvalue weighted by atomic mass is 9.76. The maximum absolute atomic E-state index is 11.7. The van der Waals surface area contributed by atoms with E-state index in [-0.39, 0.29) is 11.7 Å². The van der Waals surface area contributed by atoms with E-state index < -0.39 is 5.60 Å². The molecule has 0 saturated carbocycles. The van der Waals surface area contributed by atoms with Gasteiger partial charge in [0.2, 0.25) is 0 Å². The lowest BCUT2D eigenvalue weighted by Gasteiger charge is -2.34. The highest BCUT2D eigenvalue weighted by Gasteiger charge is 2.34. The van der Waals surface area contributed by atoms with Crippen LogP contribution in [0.2, 0.25) is 0 Å². The van der Waals surface area contributed by atoms with Crippen LogP contribution in [0.5, 0.6) is 0 Å². The first-order chi connectivity index (χ1) is 9.47. The molecule has 0 saturated heterocycles. The number of hydrogen-bond donors (Lipinski definition) is 1. The Morgan fingerprint density at radius 2 is 1.80 bits per heavy atom. The maximum Gasteiger partial charge on any atom is 0.158 e. The van der Waals surface area contributed by atoms with Gasteiger partial charge in [0.1, 0.15) is 0 Å². The van der Waals surface area contributed by atoms with Crippen LogP contribution in [0.25, 0.3) is 0 Å². The number of unbranched alkanes of at least 4 members (excludes halogenated alkanes) is 6. The van der Waals surface area contributed by atoms with Crippen LogP contribution in [0.1, 0.15) is 85.0 Å². The van der Waals surface area contributed by atoms with E-state index in [9.17, 15) is 9.90 Å². The van der Waals surface area contributed by atoms with Gasteiger partial charge in [0.25, 0.3) is 0 Å². The minimum atomic E-state index is -0.684. The quantitative estimate of drug-likeness (QED) is 0.616. The molecule has 2 heteroatoms. The van der Waals surface area contributed by atoms with Gasteiger partial charge in [-0.05, 0) is 38.2 Å². The number of Topliss-reactive ketones (excluding diaryl/α,β-unsaturated/α-hetero) is 1. The molecule has 0 aromatic heterocycles. The molecule has 0 aliphatic heterocycles. The molecule has 116 valence electrons. The molecule has 2 atom stereocenters. The molecule has 0 fully saturated rings. The summed E-state index contributed by atoms with van der Waals surface area (Å²) in [4.78, 5) is 11.7. The summed E-state index contributed by atoms with van der Waals surface area (Å²) in [5.41, 5.74) is 0.184. The SMILES string of the molecule is CCCCCCCCCC(C)(O)C1CC=C(C)C(=O)C1. The van der Waals surface area contributed by atoms with E-state index >= 15 is 0 Å². The number of carbonyl (C=O) groups is 1. The molecule has 0 radical (unpaired) electrons. The van der Waals surface area contributed by atoms with Gasteiger partial charge in [-0.15, -0.1) is 0 Å². The Morgan fingerprint density at radius 1 is 1.20 bits per heavy atom. The molecule has 0 heterocycles. The van der Waals surface area contributed by atoms with Gasteiger partial charge in [-0.2, -0.15) is 0 Å². The van der Waals surface area contributed by atoms with Crippen LogP contribution in [-0.2, 0) is 4.79 Å². The van der Waals surface area contributed by atoms with Crippen LogP contribution < -0.4 is 0 Å². The van der Waals surface area contributed by atoms with Gasteiger partial charge in [-0.25, -0.2) is 0 Å². The zero-order chi connectivity index (χ0) is 15.0. The van der Waals surface area contributed by atoms with Crippen molar-refractivity contribution in [1.29, 1.82) is 0 Å². The molecule has 1 aliphatic carbocycles. The number of hydrogen-bond acceptors (Lipinski definition) is 2. The Bertz CT molecular complexity index is 328. The largest absolute Gasteiger partial charge is 0.390 e.